The van der Waals surface area contributed by atoms with Crippen molar-refractivity contribution in [2.45, 2.75) is 6.92 Å². The predicted molar refractivity (Wildman–Crippen MR) is 159 cm³/mol. The van der Waals surface area contributed by atoms with Gasteiger partial charge >= 0.3 is 6.03 Å². The van der Waals surface area contributed by atoms with Crippen molar-refractivity contribution in [1.29, 1.82) is 0 Å². The van der Waals surface area contributed by atoms with Crippen LogP contribution in [-0.2, 0) is 4.74 Å². The SMILES string of the molecule is Cc1c(-c2ccccn2)nc2cc(F)cc(F)c2c1Nc1cc(N2CCOCC2)ncc1-c1ccc(NC(N)=O)cc1. The molecule has 212 valence electrons. The first-order chi connectivity index (χ1) is 20.4. The van der Waals surface area contributed by atoms with Crippen LogP contribution in [0.1, 0.15) is 5.56 Å². The highest BCUT2D eigenvalue weighted by atomic mass is 19.1. The van der Waals surface area contributed by atoms with Gasteiger partial charge in [-0.3, -0.25) is 4.98 Å². The van der Waals surface area contributed by atoms with E-state index in [9.17, 15) is 9.18 Å². The van der Waals surface area contributed by atoms with E-state index in [-0.39, 0.29) is 10.9 Å². The van der Waals surface area contributed by atoms with Gasteiger partial charge in [-0.15, -0.1) is 0 Å². The predicted octanol–water partition coefficient (Wildman–Crippen LogP) is 6.02. The second kappa shape index (κ2) is 11.4. The summed E-state index contributed by atoms with van der Waals surface area (Å²) in [5.74, 6) is -0.733. The van der Waals surface area contributed by atoms with Gasteiger partial charge in [-0.1, -0.05) is 18.2 Å². The van der Waals surface area contributed by atoms with Crippen molar-refractivity contribution in [3.05, 3.63) is 90.3 Å². The molecular formula is C31H27F2N7O2. The van der Waals surface area contributed by atoms with Gasteiger partial charge < -0.3 is 26.0 Å². The van der Waals surface area contributed by atoms with Gasteiger partial charge in [0.25, 0.3) is 0 Å². The zero-order valence-corrected chi connectivity index (χ0v) is 22.7. The lowest BCUT2D eigenvalue weighted by Crippen LogP contribution is -2.36. The maximum atomic E-state index is 15.5. The van der Waals surface area contributed by atoms with Crippen molar-refractivity contribution in [3.8, 4) is 22.5 Å². The Morgan fingerprint density at radius 2 is 1.81 bits per heavy atom. The number of hydrogen-bond acceptors (Lipinski definition) is 7. The minimum Gasteiger partial charge on any atom is -0.378 e. The number of nitrogens with two attached hydrogens (primary N) is 1. The lowest BCUT2D eigenvalue weighted by atomic mass is 10.0. The first kappa shape index (κ1) is 27.0. The number of urea groups is 1. The molecule has 1 aliphatic rings. The number of anilines is 4. The number of carbonyl (C=O) groups excluding carboxylic acids is 1. The van der Waals surface area contributed by atoms with Crippen molar-refractivity contribution >= 4 is 39.8 Å². The molecule has 6 rings (SSSR count). The summed E-state index contributed by atoms with van der Waals surface area (Å²) in [6, 6.07) is 15.9. The number of rotatable bonds is 6. The number of fused-ring (bicyclic) bond motifs is 1. The monoisotopic (exact) mass is 567 g/mol. The first-order valence-electron chi connectivity index (χ1n) is 13.3. The Kier molecular flexibility index (Phi) is 7.32. The highest BCUT2D eigenvalue weighted by molar-refractivity contribution is 5.99. The second-order valence-electron chi connectivity index (χ2n) is 9.84. The molecule has 4 N–H and O–H groups in total. The van der Waals surface area contributed by atoms with Crippen LogP contribution in [0.25, 0.3) is 33.4 Å². The van der Waals surface area contributed by atoms with E-state index in [0.717, 1.165) is 23.0 Å². The number of nitrogens with zero attached hydrogens (tertiary/aromatic N) is 4. The number of carbonyl (C=O) groups is 1. The number of nitrogens with one attached hydrogen (secondary N) is 2. The summed E-state index contributed by atoms with van der Waals surface area (Å²) in [6.45, 7) is 4.34. The molecule has 0 unspecified atom stereocenters. The number of morpholine rings is 1. The first-order valence-corrected chi connectivity index (χ1v) is 13.3. The minimum atomic E-state index is -0.735. The van der Waals surface area contributed by atoms with Crippen LogP contribution >= 0.6 is 0 Å². The van der Waals surface area contributed by atoms with Crippen molar-refractivity contribution in [3.63, 3.8) is 0 Å². The molecule has 9 nitrogen and oxygen atoms in total. The Hall–Kier alpha value is -5.16. The lowest BCUT2D eigenvalue weighted by Gasteiger charge is -2.28. The molecule has 0 bridgehead atoms. The van der Waals surface area contributed by atoms with E-state index in [1.165, 1.54) is 6.07 Å². The molecule has 0 radical (unpaired) electrons. The Morgan fingerprint density at radius 1 is 1.02 bits per heavy atom. The molecule has 42 heavy (non-hydrogen) atoms. The normalized spacial score (nSPS) is 13.3. The Morgan fingerprint density at radius 3 is 2.52 bits per heavy atom. The molecule has 11 heteroatoms. The van der Waals surface area contributed by atoms with Gasteiger partial charge in [-0.25, -0.2) is 23.5 Å². The fourth-order valence-corrected chi connectivity index (χ4v) is 5.07. The largest absolute Gasteiger partial charge is 0.378 e. The molecule has 5 aromatic rings. The summed E-state index contributed by atoms with van der Waals surface area (Å²) in [5, 5.41) is 6.17. The molecule has 0 atom stereocenters. The summed E-state index contributed by atoms with van der Waals surface area (Å²) in [6.07, 6.45) is 3.39. The van der Waals surface area contributed by atoms with Crippen LogP contribution in [0.3, 0.4) is 0 Å². The quantitative estimate of drug-likeness (QED) is 0.230. The summed E-state index contributed by atoms with van der Waals surface area (Å²) < 4.78 is 35.3. The van der Waals surface area contributed by atoms with Crippen LogP contribution in [0.15, 0.2) is 73.1 Å². The molecule has 0 aliphatic carbocycles. The van der Waals surface area contributed by atoms with Gasteiger partial charge in [0.05, 0.1) is 46.9 Å². The molecule has 1 saturated heterocycles. The zero-order valence-electron chi connectivity index (χ0n) is 22.7. The summed E-state index contributed by atoms with van der Waals surface area (Å²) in [7, 11) is 0. The number of halogens is 2. The van der Waals surface area contributed by atoms with Crippen molar-refractivity contribution in [1.82, 2.24) is 15.0 Å². The van der Waals surface area contributed by atoms with Crippen molar-refractivity contribution < 1.29 is 18.3 Å². The zero-order chi connectivity index (χ0) is 29.2. The van der Waals surface area contributed by atoms with Crippen LogP contribution in [-0.4, -0.2) is 47.3 Å². The second-order valence-corrected chi connectivity index (χ2v) is 9.84. The lowest BCUT2D eigenvalue weighted by molar-refractivity contribution is 0.122. The van der Waals surface area contributed by atoms with Gasteiger partial charge in [0.1, 0.15) is 17.5 Å². The maximum absolute atomic E-state index is 15.5. The highest BCUT2D eigenvalue weighted by Crippen LogP contribution is 2.40. The third kappa shape index (κ3) is 5.41. The Bertz CT molecular complexity index is 1780. The third-order valence-corrected chi connectivity index (χ3v) is 7.10. The van der Waals surface area contributed by atoms with E-state index in [1.54, 1.807) is 36.7 Å². The van der Waals surface area contributed by atoms with Crippen LogP contribution in [0.4, 0.5) is 36.5 Å². The number of benzene rings is 2. The van der Waals surface area contributed by atoms with Crippen LogP contribution < -0.4 is 21.3 Å². The molecule has 0 saturated carbocycles. The molecule has 3 aromatic heterocycles. The molecular weight excluding hydrogens is 540 g/mol. The summed E-state index contributed by atoms with van der Waals surface area (Å²) in [5.41, 5.74) is 10.3. The summed E-state index contributed by atoms with van der Waals surface area (Å²) >= 11 is 0. The van der Waals surface area contributed by atoms with Gasteiger partial charge in [0.15, 0.2) is 0 Å². The molecule has 1 fully saturated rings. The highest BCUT2D eigenvalue weighted by Gasteiger charge is 2.21. The smallest absolute Gasteiger partial charge is 0.316 e. The van der Waals surface area contributed by atoms with Gasteiger partial charge in [0, 0.05) is 60.5 Å². The number of amides is 2. The fourth-order valence-electron chi connectivity index (χ4n) is 5.07. The van der Waals surface area contributed by atoms with Crippen molar-refractivity contribution in [2.24, 2.45) is 5.73 Å². The Balaban J connectivity index is 1.53. The maximum Gasteiger partial charge on any atom is 0.316 e. The molecule has 1 aliphatic heterocycles. The van der Waals surface area contributed by atoms with Gasteiger partial charge in [0.2, 0.25) is 0 Å². The van der Waals surface area contributed by atoms with E-state index in [2.05, 4.69) is 25.5 Å². The van der Waals surface area contributed by atoms with Crippen molar-refractivity contribution in [2.75, 3.05) is 41.8 Å². The van der Waals surface area contributed by atoms with E-state index < -0.39 is 17.7 Å². The van der Waals surface area contributed by atoms with Crippen LogP contribution in [0.5, 0.6) is 0 Å². The van der Waals surface area contributed by atoms with E-state index in [1.807, 2.05) is 31.2 Å². The number of aromatic nitrogens is 3. The molecule has 2 aromatic carbocycles. The molecule has 2 amide bonds. The van der Waals surface area contributed by atoms with E-state index >= 15 is 4.39 Å². The van der Waals surface area contributed by atoms with Gasteiger partial charge in [-0.2, -0.15) is 0 Å². The number of primary amides is 1. The fraction of sp³-hybridized carbons (Fsp3) is 0.161. The number of pyridine rings is 3. The third-order valence-electron chi connectivity index (χ3n) is 7.10. The average molecular weight is 568 g/mol. The van der Waals surface area contributed by atoms with Crippen LogP contribution in [0, 0.1) is 18.6 Å². The molecule has 4 heterocycles. The molecule has 0 spiro atoms. The standard InChI is InChI=1S/C31H27F2N7O2/c1-18-29(24-4-2-3-9-35-24)39-26-15-20(32)14-23(33)28(26)30(18)38-25-16-27(40-10-12-42-13-11-40)36-17-22(25)19-5-7-21(8-6-19)37-31(34)41/h2-9,14-17H,10-13H2,1H3,(H3,34,37,41)(H,36,38,39). The van der Waals surface area contributed by atoms with Crippen LogP contribution in [0.2, 0.25) is 0 Å². The topological polar surface area (TPSA) is 118 Å². The minimum absolute atomic E-state index is 0.158. The number of ether oxygens (including phenoxy) is 1. The summed E-state index contributed by atoms with van der Waals surface area (Å²) in [4.78, 5) is 27.2. The van der Waals surface area contributed by atoms with Gasteiger partial charge in [-0.05, 0) is 36.8 Å². The average Bonchev–Trinajstić information content (AvgIpc) is 2.99. The Labute approximate surface area is 240 Å². The van der Waals surface area contributed by atoms with E-state index in [4.69, 9.17) is 15.5 Å². The number of hydrogen-bond donors (Lipinski definition) is 3. The van der Waals surface area contributed by atoms with E-state index in [0.29, 0.717) is 60.3 Å².